The molecule has 0 bridgehead atoms. The molecule has 0 fully saturated rings. The van der Waals surface area contributed by atoms with Crippen molar-refractivity contribution in [1.82, 2.24) is 4.98 Å². The predicted octanol–water partition coefficient (Wildman–Crippen LogP) is 2.55. The average Bonchev–Trinajstić information content (AvgIpc) is 2.69. The third kappa shape index (κ3) is 7.13. The van der Waals surface area contributed by atoms with Gasteiger partial charge in [0.25, 0.3) is 0 Å². The first-order valence-electron chi connectivity index (χ1n) is 9.97. The number of nitrogens with zero attached hydrogens (tertiary/aromatic N) is 1. The second kappa shape index (κ2) is 11.5. The number of hydrogen-bond donors (Lipinski definition) is 0. The quantitative estimate of drug-likeness (QED) is 0.276. The monoisotopic (exact) mass is 437 g/mol. The summed E-state index contributed by atoms with van der Waals surface area (Å²) in [7, 11) is 2.69. The predicted molar refractivity (Wildman–Crippen MR) is 111 cm³/mol. The molecule has 0 spiro atoms. The molecule has 0 aliphatic carbocycles. The molecule has 0 saturated heterocycles. The smallest absolute Gasteiger partial charge is 0.328 e. The minimum absolute atomic E-state index is 0.00537. The molecule has 1 heterocycles. The second-order valence-corrected chi connectivity index (χ2v) is 7.86. The van der Waals surface area contributed by atoms with Crippen molar-refractivity contribution in [3.8, 4) is 5.75 Å². The molecule has 1 atom stereocenters. The van der Waals surface area contributed by atoms with Crippen LogP contribution in [0.3, 0.4) is 0 Å². The lowest BCUT2D eigenvalue weighted by atomic mass is 9.73. The number of esters is 2. The second-order valence-electron chi connectivity index (χ2n) is 7.86. The Hall–Kier alpha value is -2.81. The number of carbonyl (C=O) groups is 4. The molecule has 1 rings (SSSR count). The van der Waals surface area contributed by atoms with Crippen LogP contribution in [0.2, 0.25) is 0 Å². The molecule has 9 heteroatoms. The van der Waals surface area contributed by atoms with Crippen molar-refractivity contribution in [2.24, 2.45) is 5.41 Å². The van der Waals surface area contributed by atoms with E-state index in [1.54, 1.807) is 27.7 Å². The molecular formula is C22H31NO8. The third-order valence-electron chi connectivity index (χ3n) is 4.34. The molecule has 0 aromatic carbocycles. The SMILES string of the molecule is CCOC(=O)CCCC(C(=O)COC)(C(=O)OC(C)(C)C)C(=O)c1cncc(OC)c1. The maximum atomic E-state index is 13.6. The summed E-state index contributed by atoms with van der Waals surface area (Å²) in [5, 5.41) is 0. The number of rotatable bonds is 12. The van der Waals surface area contributed by atoms with Gasteiger partial charge in [-0.15, -0.1) is 0 Å². The van der Waals surface area contributed by atoms with Crippen molar-refractivity contribution in [1.29, 1.82) is 0 Å². The van der Waals surface area contributed by atoms with Gasteiger partial charge in [-0.25, -0.2) is 0 Å². The third-order valence-corrected chi connectivity index (χ3v) is 4.34. The van der Waals surface area contributed by atoms with E-state index in [-0.39, 0.29) is 37.2 Å². The zero-order valence-electron chi connectivity index (χ0n) is 19.0. The normalized spacial score (nSPS) is 13.1. The van der Waals surface area contributed by atoms with Crippen LogP contribution in [0, 0.1) is 5.41 Å². The van der Waals surface area contributed by atoms with Crippen LogP contribution in [0.25, 0.3) is 0 Å². The molecule has 0 saturated carbocycles. The number of Topliss-reactive ketones (excluding diaryl/α,β-unsaturated/α-hetero) is 2. The Balaban J connectivity index is 3.48. The largest absolute Gasteiger partial charge is 0.495 e. The van der Waals surface area contributed by atoms with Crippen molar-refractivity contribution in [3.63, 3.8) is 0 Å². The highest BCUT2D eigenvalue weighted by atomic mass is 16.6. The number of ketones is 2. The Morgan fingerprint density at radius 3 is 2.29 bits per heavy atom. The van der Waals surface area contributed by atoms with Crippen LogP contribution >= 0.6 is 0 Å². The van der Waals surface area contributed by atoms with E-state index in [1.807, 2.05) is 0 Å². The summed E-state index contributed by atoms with van der Waals surface area (Å²) in [4.78, 5) is 55.8. The topological polar surface area (TPSA) is 118 Å². The van der Waals surface area contributed by atoms with Gasteiger partial charge in [0.05, 0.1) is 19.9 Å². The standard InChI is InChI=1S/C22H31NO8/c1-7-30-18(25)9-8-10-22(17(24)14-28-5,20(27)31-21(2,3)4)19(26)15-11-16(29-6)13-23-12-15/h11-13H,7-10,14H2,1-6H3. The summed E-state index contributed by atoms with van der Waals surface area (Å²) in [5.74, 6) is -2.76. The van der Waals surface area contributed by atoms with Crippen molar-refractivity contribution in [3.05, 3.63) is 24.0 Å². The zero-order chi connectivity index (χ0) is 23.7. The molecule has 0 N–H and O–H groups in total. The van der Waals surface area contributed by atoms with Crippen molar-refractivity contribution in [2.75, 3.05) is 27.4 Å². The number of ether oxygens (including phenoxy) is 4. The Labute approximate surface area is 182 Å². The summed E-state index contributed by atoms with van der Waals surface area (Å²) in [6.45, 7) is 6.28. The van der Waals surface area contributed by atoms with E-state index < -0.39 is 41.1 Å². The fourth-order valence-electron chi connectivity index (χ4n) is 2.94. The van der Waals surface area contributed by atoms with Crippen LogP contribution < -0.4 is 4.74 Å². The first-order valence-corrected chi connectivity index (χ1v) is 9.97. The summed E-state index contributed by atoms with van der Waals surface area (Å²) in [6, 6.07) is 1.39. The molecule has 31 heavy (non-hydrogen) atoms. The summed E-state index contributed by atoms with van der Waals surface area (Å²) in [5.41, 5.74) is -3.15. The lowest BCUT2D eigenvalue weighted by molar-refractivity contribution is -0.168. The van der Waals surface area contributed by atoms with Crippen LogP contribution in [0.15, 0.2) is 18.5 Å². The van der Waals surface area contributed by atoms with Crippen LogP contribution in [0.4, 0.5) is 0 Å². The molecule has 1 aromatic rings. The molecule has 0 radical (unpaired) electrons. The van der Waals surface area contributed by atoms with Gasteiger partial charge in [-0.2, -0.15) is 0 Å². The maximum Gasteiger partial charge on any atom is 0.328 e. The van der Waals surface area contributed by atoms with Crippen molar-refractivity contribution >= 4 is 23.5 Å². The van der Waals surface area contributed by atoms with Crippen LogP contribution in [-0.4, -0.2) is 61.5 Å². The van der Waals surface area contributed by atoms with Crippen molar-refractivity contribution in [2.45, 2.75) is 52.6 Å². The molecule has 0 amide bonds. The highest BCUT2D eigenvalue weighted by Crippen LogP contribution is 2.35. The Morgan fingerprint density at radius 2 is 1.74 bits per heavy atom. The van der Waals surface area contributed by atoms with E-state index in [1.165, 1.54) is 32.7 Å². The van der Waals surface area contributed by atoms with Crippen LogP contribution in [0.5, 0.6) is 5.75 Å². The number of hydrogen-bond acceptors (Lipinski definition) is 9. The van der Waals surface area contributed by atoms with E-state index in [0.717, 1.165) is 0 Å². The van der Waals surface area contributed by atoms with Gasteiger partial charge < -0.3 is 18.9 Å². The molecular weight excluding hydrogens is 406 g/mol. The average molecular weight is 437 g/mol. The first-order chi connectivity index (χ1) is 14.5. The van der Waals surface area contributed by atoms with Gasteiger partial charge >= 0.3 is 11.9 Å². The van der Waals surface area contributed by atoms with Gasteiger partial charge in [-0.1, -0.05) is 0 Å². The van der Waals surface area contributed by atoms with Gasteiger partial charge in [-0.3, -0.25) is 24.2 Å². The van der Waals surface area contributed by atoms with E-state index in [0.29, 0.717) is 0 Å². The summed E-state index contributed by atoms with van der Waals surface area (Å²) in [6.07, 6.45) is 2.37. The number of aromatic nitrogens is 1. The molecule has 1 aromatic heterocycles. The maximum absolute atomic E-state index is 13.6. The van der Waals surface area contributed by atoms with Crippen LogP contribution in [-0.2, 0) is 28.6 Å². The van der Waals surface area contributed by atoms with Gasteiger partial charge in [0.2, 0.25) is 0 Å². The van der Waals surface area contributed by atoms with Gasteiger partial charge in [0.1, 0.15) is 18.0 Å². The zero-order valence-corrected chi connectivity index (χ0v) is 19.0. The highest BCUT2D eigenvalue weighted by molar-refractivity contribution is 6.27. The van der Waals surface area contributed by atoms with Crippen molar-refractivity contribution < 1.29 is 38.1 Å². The van der Waals surface area contributed by atoms with Crippen LogP contribution in [0.1, 0.15) is 57.3 Å². The highest BCUT2D eigenvalue weighted by Gasteiger charge is 2.54. The fourth-order valence-corrected chi connectivity index (χ4v) is 2.94. The molecule has 9 nitrogen and oxygen atoms in total. The lowest BCUT2D eigenvalue weighted by Gasteiger charge is -2.32. The van der Waals surface area contributed by atoms with Gasteiger partial charge in [0.15, 0.2) is 17.0 Å². The molecule has 0 aliphatic heterocycles. The Kier molecular flexibility index (Phi) is 9.77. The fraction of sp³-hybridized carbons (Fsp3) is 0.591. The molecule has 0 aliphatic rings. The number of methoxy groups -OCH3 is 2. The van der Waals surface area contributed by atoms with E-state index in [9.17, 15) is 19.2 Å². The van der Waals surface area contributed by atoms with E-state index in [2.05, 4.69) is 4.98 Å². The van der Waals surface area contributed by atoms with Gasteiger partial charge in [0, 0.05) is 25.3 Å². The minimum Gasteiger partial charge on any atom is -0.495 e. The number of carbonyl (C=O) groups excluding carboxylic acids is 4. The molecule has 1 unspecified atom stereocenters. The summed E-state index contributed by atoms with van der Waals surface area (Å²) < 4.78 is 20.4. The first kappa shape index (κ1) is 26.2. The summed E-state index contributed by atoms with van der Waals surface area (Å²) >= 11 is 0. The lowest BCUT2D eigenvalue weighted by Crippen LogP contribution is -2.51. The Bertz CT molecular complexity index is 799. The van der Waals surface area contributed by atoms with Gasteiger partial charge in [-0.05, 0) is 46.6 Å². The minimum atomic E-state index is -2.20. The van der Waals surface area contributed by atoms with E-state index in [4.69, 9.17) is 18.9 Å². The number of pyridine rings is 1. The molecule has 172 valence electrons. The Morgan fingerprint density at radius 1 is 1.06 bits per heavy atom. The van der Waals surface area contributed by atoms with E-state index >= 15 is 0 Å².